The maximum atomic E-state index is 11.1. The molecule has 1 saturated heterocycles. The third kappa shape index (κ3) is 3.74. The maximum absolute atomic E-state index is 11.1. The Hall–Kier alpha value is -1.10. The Labute approximate surface area is 83.2 Å². The van der Waals surface area contributed by atoms with E-state index < -0.39 is 0 Å². The van der Waals surface area contributed by atoms with E-state index in [0.717, 1.165) is 6.42 Å². The molecule has 0 aromatic carbocycles. The highest BCUT2D eigenvalue weighted by Gasteiger charge is 2.20. The lowest BCUT2D eigenvalue weighted by Crippen LogP contribution is -2.39. The number of amides is 2. The van der Waals surface area contributed by atoms with Gasteiger partial charge in [0.25, 0.3) is 0 Å². The molecule has 1 atom stereocenters. The minimum Gasteiger partial charge on any atom is -0.372 e. The molecule has 14 heavy (non-hydrogen) atoms. The van der Waals surface area contributed by atoms with Gasteiger partial charge in [-0.1, -0.05) is 0 Å². The van der Waals surface area contributed by atoms with E-state index in [1.807, 2.05) is 6.92 Å². The quantitative estimate of drug-likeness (QED) is 0.624. The van der Waals surface area contributed by atoms with Crippen LogP contribution < -0.4 is 10.6 Å². The molecule has 0 spiro atoms. The Bertz CT molecular complexity index is 218. The van der Waals surface area contributed by atoms with E-state index in [4.69, 9.17) is 4.74 Å². The Morgan fingerprint density at radius 3 is 3.07 bits per heavy atom. The van der Waals surface area contributed by atoms with Crippen molar-refractivity contribution in [1.82, 2.24) is 10.6 Å². The first-order valence-electron chi connectivity index (χ1n) is 4.86. The van der Waals surface area contributed by atoms with Crippen LogP contribution in [-0.4, -0.2) is 37.6 Å². The Balaban J connectivity index is 2.08. The van der Waals surface area contributed by atoms with Crippen molar-refractivity contribution in [2.45, 2.75) is 25.8 Å². The van der Waals surface area contributed by atoms with Gasteiger partial charge in [-0.15, -0.1) is 0 Å². The van der Waals surface area contributed by atoms with Crippen LogP contribution in [0.3, 0.4) is 0 Å². The fourth-order valence-corrected chi connectivity index (χ4v) is 1.31. The van der Waals surface area contributed by atoms with Crippen LogP contribution >= 0.6 is 0 Å². The van der Waals surface area contributed by atoms with Crippen LogP contribution in [0.15, 0.2) is 0 Å². The topological polar surface area (TPSA) is 67.4 Å². The molecule has 80 valence electrons. The minimum absolute atomic E-state index is 0.0639. The number of carbonyl (C=O) groups is 2. The van der Waals surface area contributed by atoms with Gasteiger partial charge in [-0.05, 0) is 13.3 Å². The van der Waals surface area contributed by atoms with Crippen LogP contribution in [0.4, 0.5) is 0 Å². The highest BCUT2D eigenvalue weighted by atomic mass is 16.5. The van der Waals surface area contributed by atoms with Crippen molar-refractivity contribution in [3.63, 3.8) is 0 Å². The smallest absolute Gasteiger partial charge is 0.246 e. The highest BCUT2D eigenvalue weighted by molar-refractivity contribution is 5.79. The van der Waals surface area contributed by atoms with Crippen LogP contribution in [0.25, 0.3) is 0 Å². The fraction of sp³-hybridized carbons (Fsp3) is 0.778. The fourth-order valence-electron chi connectivity index (χ4n) is 1.31. The summed E-state index contributed by atoms with van der Waals surface area (Å²) in [5.41, 5.74) is 0. The number of rotatable bonds is 5. The molecule has 5 nitrogen and oxygen atoms in total. The lowest BCUT2D eigenvalue weighted by molar-refractivity contribution is -0.126. The van der Waals surface area contributed by atoms with Gasteiger partial charge in [0, 0.05) is 25.6 Å². The molecule has 0 radical (unpaired) electrons. The van der Waals surface area contributed by atoms with Crippen molar-refractivity contribution in [1.29, 1.82) is 0 Å². The van der Waals surface area contributed by atoms with E-state index >= 15 is 0 Å². The standard InChI is InChI=1S/C9H16N2O3/c1-2-14-6-9(13)10-5-7-3-4-8(12)11-7/h7H,2-6H2,1H3,(H,10,13)(H,11,12). The minimum atomic E-state index is -0.131. The van der Waals surface area contributed by atoms with E-state index in [2.05, 4.69) is 10.6 Å². The number of nitrogens with one attached hydrogen (secondary N) is 2. The predicted molar refractivity (Wildman–Crippen MR) is 50.7 cm³/mol. The summed E-state index contributed by atoms with van der Waals surface area (Å²) in [6, 6.07) is 0.0908. The SMILES string of the molecule is CCOCC(=O)NCC1CCC(=O)N1. The second-order valence-electron chi connectivity index (χ2n) is 3.24. The Morgan fingerprint density at radius 2 is 2.50 bits per heavy atom. The van der Waals surface area contributed by atoms with Gasteiger partial charge in [-0.2, -0.15) is 0 Å². The molecule has 0 aliphatic carbocycles. The molecule has 0 bridgehead atoms. The van der Waals surface area contributed by atoms with Gasteiger partial charge in [0.2, 0.25) is 11.8 Å². The molecule has 1 aliphatic rings. The first-order valence-corrected chi connectivity index (χ1v) is 4.86. The van der Waals surface area contributed by atoms with Crippen molar-refractivity contribution < 1.29 is 14.3 Å². The van der Waals surface area contributed by atoms with Crippen LogP contribution in [0, 0.1) is 0 Å². The molecule has 0 aromatic rings. The summed E-state index contributed by atoms with van der Waals surface area (Å²) in [7, 11) is 0. The van der Waals surface area contributed by atoms with Crippen LogP contribution in [0.2, 0.25) is 0 Å². The second kappa shape index (κ2) is 5.59. The van der Waals surface area contributed by atoms with Crippen LogP contribution in [-0.2, 0) is 14.3 Å². The summed E-state index contributed by atoms with van der Waals surface area (Å²) in [6.45, 7) is 2.97. The largest absolute Gasteiger partial charge is 0.372 e. The second-order valence-corrected chi connectivity index (χ2v) is 3.24. The summed E-state index contributed by atoms with van der Waals surface area (Å²) in [5.74, 6) is -0.0675. The van der Waals surface area contributed by atoms with E-state index in [-0.39, 0.29) is 24.5 Å². The normalized spacial score (nSPS) is 20.6. The average Bonchev–Trinajstić information content (AvgIpc) is 2.58. The van der Waals surface area contributed by atoms with Gasteiger partial charge < -0.3 is 15.4 Å². The summed E-state index contributed by atoms with van der Waals surface area (Å²) in [5, 5.41) is 5.47. The summed E-state index contributed by atoms with van der Waals surface area (Å²) in [4.78, 5) is 21.9. The lowest BCUT2D eigenvalue weighted by Gasteiger charge is -2.10. The molecular weight excluding hydrogens is 184 g/mol. The zero-order valence-corrected chi connectivity index (χ0v) is 8.34. The Kier molecular flexibility index (Phi) is 4.39. The first-order chi connectivity index (χ1) is 6.72. The van der Waals surface area contributed by atoms with Gasteiger partial charge in [-0.3, -0.25) is 9.59 Å². The molecule has 1 aliphatic heterocycles. The third-order valence-corrected chi connectivity index (χ3v) is 2.07. The molecule has 2 N–H and O–H groups in total. The van der Waals surface area contributed by atoms with Crippen LogP contribution in [0.1, 0.15) is 19.8 Å². The van der Waals surface area contributed by atoms with E-state index in [1.54, 1.807) is 0 Å². The molecule has 0 saturated carbocycles. The van der Waals surface area contributed by atoms with Crippen molar-refractivity contribution in [3.8, 4) is 0 Å². The molecule has 1 heterocycles. The van der Waals surface area contributed by atoms with E-state index in [0.29, 0.717) is 19.6 Å². The molecule has 2 amide bonds. The predicted octanol–water partition coefficient (Wildman–Crippen LogP) is -0.582. The Morgan fingerprint density at radius 1 is 1.71 bits per heavy atom. The number of ether oxygens (including phenoxy) is 1. The van der Waals surface area contributed by atoms with Crippen molar-refractivity contribution in [3.05, 3.63) is 0 Å². The van der Waals surface area contributed by atoms with Crippen molar-refractivity contribution >= 4 is 11.8 Å². The van der Waals surface area contributed by atoms with Crippen LogP contribution in [0.5, 0.6) is 0 Å². The summed E-state index contributed by atoms with van der Waals surface area (Å²) < 4.78 is 4.93. The average molecular weight is 200 g/mol. The molecular formula is C9H16N2O3. The van der Waals surface area contributed by atoms with Gasteiger partial charge >= 0.3 is 0 Å². The lowest BCUT2D eigenvalue weighted by atomic mass is 10.2. The van der Waals surface area contributed by atoms with Crippen molar-refractivity contribution in [2.24, 2.45) is 0 Å². The monoisotopic (exact) mass is 200 g/mol. The van der Waals surface area contributed by atoms with Gasteiger partial charge in [0.15, 0.2) is 0 Å². The number of carbonyl (C=O) groups excluding carboxylic acids is 2. The summed E-state index contributed by atoms with van der Waals surface area (Å²) >= 11 is 0. The molecule has 5 heteroatoms. The third-order valence-electron chi connectivity index (χ3n) is 2.07. The van der Waals surface area contributed by atoms with E-state index in [9.17, 15) is 9.59 Å². The van der Waals surface area contributed by atoms with E-state index in [1.165, 1.54) is 0 Å². The molecule has 1 fully saturated rings. The van der Waals surface area contributed by atoms with Gasteiger partial charge in [0.1, 0.15) is 6.61 Å². The number of hydrogen-bond acceptors (Lipinski definition) is 3. The summed E-state index contributed by atoms with van der Waals surface area (Å²) in [6.07, 6.45) is 1.36. The molecule has 1 unspecified atom stereocenters. The molecule has 0 aromatic heterocycles. The molecule has 1 rings (SSSR count). The van der Waals surface area contributed by atoms with Crippen molar-refractivity contribution in [2.75, 3.05) is 19.8 Å². The van der Waals surface area contributed by atoms with Gasteiger partial charge in [0.05, 0.1) is 0 Å². The zero-order valence-electron chi connectivity index (χ0n) is 8.34. The number of hydrogen-bond donors (Lipinski definition) is 2. The van der Waals surface area contributed by atoms with Gasteiger partial charge in [-0.25, -0.2) is 0 Å². The highest BCUT2D eigenvalue weighted by Crippen LogP contribution is 2.04. The zero-order chi connectivity index (χ0) is 10.4. The maximum Gasteiger partial charge on any atom is 0.246 e. The first kappa shape index (κ1) is 11.0.